The van der Waals surface area contributed by atoms with E-state index in [1.54, 1.807) is 31.4 Å². The van der Waals surface area contributed by atoms with Crippen molar-refractivity contribution in [3.05, 3.63) is 92.3 Å². The van der Waals surface area contributed by atoms with Crippen LogP contribution < -0.4 is 15.1 Å². The first-order valence-electron chi connectivity index (χ1n) is 11.9. The molecule has 0 unspecified atom stereocenters. The quantitative estimate of drug-likeness (QED) is 0.207. The monoisotopic (exact) mass is 525 g/mol. The van der Waals surface area contributed by atoms with Crippen molar-refractivity contribution < 1.29 is 13.9 Å². The van der Waals surface area contributed by atoms with Crippen LogP contribution in [0.1, 0.15) is 24.5 Å². The maximum atomic E-state index is 13.2. The van der Waals surface area contributed by atoms with E-state index in [0.717, 1.165) is 41.8 Å². The third-order valence-corrected chi connectivity index (χ3v) is 6.62. The number of nitrogens with zero attached hydrogens (tertiary/aromatic N) is 1. The van der Waals surface area contributed by atoms with E-state index < -0.39 is 5.63 Å². The molecule has 0 saturated heterocycles. The molecule has 0 amide bonds. The molecule has 1 heterocycles. The van der Waals surface area contributed by atoms with Crippen LogP contribution >= 0.6 is 23.2 Å². The van der Waals surface area contributed by atoms with Crippen LogP contribution in [0.4, 0.5) is 0 Å². The molecule has 0 aliphatic carbocycles. The fourth-order valence-electron chi connectivity index (χ4n) is 4.24. The largest absolute Gasteiger partial charge is 0.497 e. The molecular weight excluding hydrogens is 497 g/mol. The summed E-state index contributed by atoms with van der Waals surface area (Å²) >= 11 is 12.6. The molecule has 0 saturated carbocycles. The van der Waals surface area contributed by atoms with Crippen molar-refractivity contribution in [1.82, 2.24) is 4.90 Å². The van der Waals surface area contributed by atoms with Gasteiger partial charge in [-0.1, -0.05) is 48.3 Å². The summed E-state index contributed by atoms with van der Waals surface area (Å²) in [6.45, 7) is 4.71. The zero-order valence-corrected chi connectivity index (χ0v) is 22.2. The van der Waals surface area contributed by atoms with Crippen molar-refractivity contribution in [2.24, 2.45) is 0 Å². The first kappa shape index (κ1) is 26.1. The number of methoxy groups -OCH3 is 1. The van der Waals surface area contributed by atoms with Gasteiger partial charge in [0.25, 0.3) is 0 Å². The molecule has 7 heteroatoms. The third-order valence-electron chi connectivity index (χ3n) is 6.07. The predicted molar refractivity (Wildman–Crippen MR) is 147 cm³/mol. The molecule has 0 aliphatic heterocycles. The Morgan fingerprint density at radius 2 is 1.69 bits per heavy atom. The number of hydrogen-bond acceptors (Lipinski definition) is 5. The topological polar surface area (TPSA) is 51.9 Å². The highest BCUT2D eigenvalue weighted by Gasteiger charge is 2.20. The van der Waals surface area contributed by atoms with E-state index in [9.17, 15) is 4.79 Å². The average Bonchev–Trinajstić information content (AvgIpc) is 2.85. The highest BCUT2D eigenvalue weighted by Crippen LogP contribution is 2.35. The van der Waals surface area contributed by atoms with Gasteiger partial charge in [0.15, 0.2) is 0 Å². The smallest absolute Gasteiger partial charge is 0.344 e. The Bertz CT molecular complexity index is 1400. The van der Waals surface area contributed by atoms with Gasteiger partial charge in [-0.15, -0.1) is 0 Å². The SMILES string of the molecule is CCCN(C)CCOc1ccc(Cc2c(-c3ccc(Cl)cc3Cl)c(=O)oc3cc(OC)ccc23)cc1. The van der Waals surface area contributed by atoms with Crippen molar-refractivity contribution in [3.63, 3.8) is 0 Å². The lowest BCUT2D eigenvalue weighted by Crippen LogP contribution is -2.24. The summed E-state index contributed by atoms with van der Waals surface area (Å²) in [6.07, 6.45) is 1.62. The maximum Gasteiger partial charge on any atom is 0.344 e. The van der Waals surface area contributed by atoms with Gasteiger partial charge in [-0.3, -0.25) is 0 Å². The summed E-state index contributed by atoms with van der Waals surface area (Å²) in [5.41, 5.74) is 2.85. The second-order valence-corrected chi connectivity index (χ2v) is 9.55. The van der Waals surface area contributed by atoms with E-state index in [0.29, 0.717) is 45.5 Å². The van der Waals surface area contributed by atoms with Gasteiger partial charge in [0.05, 0.1) is 17.7 Å². The third kappa shape index (κ3) is 6.04. The molecule has 5 nitrogen and oxygen atoms in total. The van der Waals surface area contributed by atoms with Crippen LogP contribution in [-0.4, -0.2) is 38.8 Å². The van der Waals surface area contributed by atoms with E-state index in [4.69, 9.17) is 37.1 Å². The minimum atomic E-state index is -0.467. The number of benzene rings is 3. The van der Waals surface area contributed by atoms with E-state index in [-0.39, 0.29) is 0 Å². The van der Waals surface area contributed by atoms with Crippen molar-refractivity contribution in [1.29, 1.82) is 0 Å². The molecule has 1 aromatic heterocycles. The molecule has 0 radical (unpaired) electrons. The molecule has 36 heavy (non-hydrogen) atoms. The van der Waals surface area contributed by atoms with E-state index >= 15 is 0 Å². The molecule has 0 aliphatic rings. The molecule has 0 atom stereocenters. The van der Waals surface area contributed by atoms with Crippen molar-refractivity contribution in [3.8, 4) is 22.6 Å². The van der Waals surface area contributed by atoms with Crippen LogP contribution in [0.5, 0.6) is 11.5 Å². The summed E-state index contributed by atoms with van der Waals surface area (Å²) < 4.78 is 16.9. The van der Waals surface area contributed by atoms with Crippen molar-refractivity contribution in [2.45, 2.75) is 19.8 Å². The van der Waals surface area contributed by atoms with Gasteiger partial charge in [0.2, 0.25) is 0 Å². The van der Waals surface area contributed by atoms with Gasteiger partial charge in [0.1, 0.15) is 23.7 Å². The van der Waals surface area contributed by atoms with Crippen LogP contribution in [0.2, 0.25) is 10.0 Å². The highest BCUT2D eigenvalue weighted by molar-refractivity contribution is 6.36. The molecule has 0 spiro atoms. The zero-order valence-electron chi connectivity index (χ0n) is 20.6. The lowest BCUT2D eigenvalue weighted by molar-refractivity contribution is 0.237. The molecule has 3 aromatic carbocycles. The molecule has 0 fully saturated rings. The van der Waals surface area contributed by atoms with Gasteiger partial charge in [-0.25, -0.2) is 4.79 Å². The van der Waals surface area contributed by atoms with E-state index in [1.807, 2.05) is 36.4 Å². The van der Waals surface area contributed by atoms with Gasteiger partial charge in [-0.05, 0) is 74.0 Å². The first-order valence-corrected chi connectivity index (χ1v) is 12.6. The number of rotatable bonds is 10. The van der Waals surface area contributed by atoms with Crippen LogP contribution in [0, 0.1) is 0 Å². The number of likely N-dealkylation sites (N-methyl/N-ethyl adjacent to an activating group) is 1. The Kier molecular flexibility index (Phi) is 8.57. The minimum Gasteiger partial charge on any atom is -0.497 e. The Hall–Kier alpha value is -2.99. The summed E-state index contributed by atoms with van der Waals surface area (Å²) in [5, 5.41) is 1.70. The average molecular weight is 526 g/mol. The lowest BCUT2D eigenvalue weighted by Gasteiger charge is -2.16. The van der Waals surface area contributed by atoms with Crippen LogP contribution in [0.25, 0.3) is 22.1 Å². The fourth-order valence-corrected chi connectivity index (χ4v) is 4.74. The lowest BCUT2D eigenvalue weighted by atomic mass is 9.93. The zero-order chi connectivity index (χ0) is 25.7. The summed E-state index contributed by atoms with van der Waals surface area (Å²) in [6, 6.07) is 18.5. The van der Waals surface area contributed by atoms with E-state index in [1.165, 1.54) is 0 Å². The maximum absolute atomic E-state index is 13.2. The van der Waals surface area contributed by atoms with Gasteiger partial charge < -0.3 is 18.8 Å². The highest BCUT2D eigenvalue weighted by atomic mass is 35.5. The summed E-state index contributed by atoms with van der Waals surface area (Å²) in [7, 11) is 3.67. The number of fused-ring (bicyclic) bond motifs is 1. The first-order chi connectivity index (χ1) is 17.4. The molecule has 4 aromatic rings. The van der Waals surface area contributed by atoms with Gasteiger partial charge >= 0.3 is 5.63 Å². The normalized spacial score (nSPS) is 11.3. The Morgan fingerprint density at radius 3 is 2.39 bits per heavy atom. The van der Waals surface area contributed by atoms with Gasteiger partial charge in [0, 0.05) is 28.6 Å². The summed E-state index contributed by atoms with van der Waals surface area (Å²) in [5.74, 6) is 1.42. The second-order valence-electron chi connectivity index (χ2n) is 8.70. The fraction of sp³-hybridized carbons (Fsp3) is 0.276. The van der Waals surface area contributed by atoms with Crippen LogP contribution in [0.3, 0.4) is 0 Å². The number of halogens is 2. The van der Waals surface area contributed by atoms with Crippen molar-refractivity contribution in [2.75, 3.05) is 33.9 Å². The second kappa shape index (κ2) is 11.8. The van der Waals surface area contributed by atoms with Crippen molar-refractivity contribution >= 4 is 34.2 Å². The Balaban J connectivity index is 1.69. The summed E-state index contributed by atoms with van der Waals surface area (Å²) in [4.78, 5) is 15.5. The molecule has 4 rings (SSSR count). The molecule has 0 bridgehead atoms. The molecular formula is C29H29Cl2NO4. The molecule has 0 N–H and O–H groups in total. The van der Waals surface area contributed by atoms with Gasteiger partial charge in [-0.2, -0.15) is 0 Å². The Labute approximate surface area is 221 Å². The number of ether oxygens (including phenoxy) is 2. The van der Waals surface area contributed by atoms with Crippen LogP contribution in [0.15, 0.2) is 69.9 Å². The Morgan fingerprint density at radius 1 is 0.944 bits per heavy atom. The number of hydrogen-bond donors (Lipinski definition) is 0. The van der Waals surface area contributed by atoms with Crippen LogP contribution in [-0.2, 0) is 6.42 Å². The molecule has 188 valence electrons. The predicted octanol–water partition coefficient (Wildman–Crippen LogP) is 7.09. The van der Waals surface area contributed by atoms with E-state index in [2.05, 4.69) is 18.9 Å². The minimum absolute atomic E-state index is 0.390. The standard InChI is InChI=1S/C29H29Cl2NO4/c1-4-13-32(2)14-15-35-21-8-5-19(6-9-21)16-25-23-12-10-22(34-3)18-27(23)36-29(33)28(25)24-11-7-20(30)17-26(24)31/h5-12,17-18H,4,13-16H2,1-3H3.